The molecule has 5 nitrogen and oxygen atoms in total. The Kier molecular flexibility index (Phi) is 8.76. The van der Waals surface area contributed by atoms with Gasteiger partial charge in [-0.05, 0) is 68.9 Å². The quantitative estimate of drug-likeness (QED) is 0.429. The molecular formula is C29H40N2O3. The van der Waals surface area contributed by atoms with Gasteiger partial charge in [-0.2, -0.15) is 0 Å². The Bertz CT molecular complexity index is 993. The van der Waals surface area contributed by atoms with Crippen LogP contribution in [-0.4, -0.2) is 36.4 Å². The second kappa shape index (κ2) is 11.5. The first kappa shape index (κ1) is 25.8. The number of carbonyl (C=O) groups is 2. The molecule has 1 fully saturated rings. The number of hydrogen-bond donors (Lipinski definition) is 1. The van der Waals surface area contributed by atoms with E-state index in [1.807, 2.05) is 63.1 Å². The van der Waals surface area contributed by atoms with Gasteiger partial charge in [-0.3, -0.25) is 9.59 Å². The minimum absolute atomic E-state index is 0.0254. The third-order valence-corrected chi connectivity index (χ3v) is 7.01. The van der Waals surface area contributed by atoms with Crippen LogP contribution in [0.1, 0.15) is 80.3 Å². The average molecular weight is 465 g/mol. The molecule has 0 spiro atoms. The number of nitrogens with zero attached hydrogens (tertiary/aromatic N) is 1. The lowest BCUT2D eigenvalue weighted by atomic mass is 9.86. The zero-order chi connectivity index (χ0) is 24.7. The third kappa shape index (κ3) is 6.62. The summed E-state index contributed by atoms with van der Waals surface area (Å²) in [5, 5.41) is 3.04. The van der Waals surface area contributed by atoms with Gasteiger partial charge >= 0.3 is 0 Å². The molecule has 2 amide bonds. The molecule has 3 rings (SSSR count). The Morgan fingerprint density at radius 2 is 1.76 bits per heavy atom. The van der Waals surface area contributed by atoms with Gasteiger partial charge in [-0.1, -0.05) is 57.4 Å². The van der Waals surface area contributed by atoms with Gasteiger partial charge in [-0.25, -0.2) is 0 Å². The molecule has 0 bridgehead atoms. The van der Waals surface area contributed by atoms with Gasteiger partial charge in [0.15, 0.2) is 0 Å². The lowest BCUT2D eigenvalue weighted by Gasteiger charge is -2.32. The summed E-state index contributed by atoms with van der Waals surface area (Å²) < 4.78 is 5.96. The van der Waals surface area contributed by atoms with E-state index in [-0.39, 0.29) is 17.9 Å². The summed E-state index contributed by atoms with van der Waals surface area (Å²) in [6.07, 6.45) is 7.13. The number of nitrogens with one attached hydrogen (secondary N) is 1. The van der Waals surface area contributed by atoms with Crippen molar-refractivity contribution in [1.29, 1.82) is 0 Å². The van der Waals surface area contributed by atoms with E-state index in [0.29, 0.717) is 24.3 Å². The lowest BCUT2D eigenvalue weighted by molar-refractivity contribution is -0.124. The van der Waals surface area contributed by atoms with Crippen molar-refractivity contribution in [3.8, 4) is 5.75 Å². The second-order valence-electron chi connectivity index (χ2n) is 10.3. The third-order valence-electron chi connectivity index (χ3n) is 7.01. The summed E-state index contributed by atoms with van der Waals surface area (Å²) >= 11 is 0. The smallest absolute Gasteiger partial charge is 0.255 e. The Balaban J connectivity index is 1.58. The number of carbonyl (C=O) groups excluding carboxylic acids is 2. The fourth-order valence-electron chi connectivity index (χ4n) is 4.57. The van der Waals surface area contributed by atoms with Gasteiger partial charge in [0.2, 0.25) is 5.91 Å². The van der Waals surface area contributed by atoms with Crippen LogP contribution in [0.4, 0.5) is 5.69 Å². The van der Waals surface area contributed by atoms with Crippen molar-refractivity contribution >= 4 is 17.5 Å². The highest BCUT2D eigenvalue weighted by Gasteiger charge is 2.29. The van der Waals surface area contributed by atoms with E-state index in [2.05, 4.69) is 24.4 Å². The van der Waals surface area contributed by atoms with Crippen LogP contribution >= 0.6 is 0 Å². The van der Waals surface area contributed by atoms with E-state index in [0.717, 1.165) is 30.6 Å². The number of aryl methyl sites for hydroxylation is 2. The fraction of sp³-hybridized carbons (Fsp3) is 0.517. The summed E-state index contributed by atoms with van der Waals surface area (Å²) in [6.45, 7) is 8.53. The van der Waals surface area contributed by atoms with Crippen LogP contribution in [0.25, 0.3) is 0 Å². The van der Waals surface area contributed by atoms with E-state index < -0.39 is 5.41 Å². The molecule has 2 aromatic rings. The monoisotopic (exact) mass is 464 g/mol. The number of amides is 2. The first-order valence-electron chi connectivity index (χ1n) is 12.6. The van der Waals surface area contributed by atoms with Gasteiger partial charge in [0, 0.05) is 18.5 Å². The highest BCUT2D eigenvalue weighted by Crippen LogP contribution is 2.28. The fourth-order valence-corrected chi connectivity index (χ4v) is 4.57. The SMILES string of the molecule is Cc1ccc(C)c(OCCCC(C)(C)C(=O)Nc2ccccc2C(=O)N(C)C2CCCCC2)c1. The number of ether oxygens (including phenoxy) is 1. The predicted molar refractivity (Wildman–Crippen MR) is 138 cm³/mol. The maximum absolute atomic E-state index is 13.3. The first-order chi connectivity index (χ1) is 16.2. The van der Waals surface area contributed by atoms with Gasteiger partial charge in [-0.15, -0.1) is 0 Å². The van der Waals surface area contributed by atoms with E-state index in [9.17, 15) is 9.59 Å². The summed E-state index contributed by atoms with van der Waals surface area (Å²) in [5.74, 6) is 0.791. The van der Waals surface area contributed by atoms with Crippen molar-refractivity contribution < 1.29 is 14.3 Å². The minimum Gasteiger partial charge on any atom is -0.493 e. The zero-order valence-electron chi connectivity index (χ0n) is 21.4. The highest BCUT2D eigenvalue weighted by molar-refractivity contribution is 6.04. The van der Waals surface area contributed by atoms with Crippen LogP contribution < -0.4 is 10.1 Å². The van der Waals surface area contributed by atoms with Crippen LogP contribution in [0.15, 0.2) is 42.5 Å². The Hall–Kier alpha value is -2.82. The summed E-state index contributed by atoms with van der Waals surface area (Å²) in [6, 6.07) is 13.8. The summed E-state index contributed by atoms with van der Waals surface area (Å²) in [4.78, 5) is 28.3. The molecule has 1 aliphatic carbocycles. The molecule has 184 valence electrons. The number of rotatable bonds is 9. The van der Waals surface area contributed by atoms with Crippen molar-refractivity contribution in [1.82, 2.24) is 4.90 Å². The molecule has 5 heteroatoms. The van der Waals surface area contributed by atoms with E-state index >= 15 is 0 Å². The second-order valence-corrected chi connectivity index (χ2v) is 10.3. The van der Waals surface area contributed by atoms with Crippen molar-refractivity contribution in [3.63, 3.8) is 0 Å². The van der Waals surface area contributed by atoms with Gasteiger partial charge in [0.1, 0.15) is 5.75 Å². The van der Waals surface area contributed by atoms with Gasteiger partial charge in [0.05, 0.1) is 17.9 Å². The molecule has 1 saturated carbocycles. The summed E-state index contributed by atoms with van der Waals surface area (Å²) in [7, 11) is 1.89. The Morgan fingerprint density at radius 1 is 1.06 bits per heavy atom. The molecule has 34 heavy (non-hydrogen) atoms. The number of hydrogen-bond acceptors (Lipinski definition) is 3. The minimum atomic E-state index is -0.587. The largest absolute Gasteiger partial charge is 0.493 e. The maximum Gasteiger partial charge on any atom is 0.255 e. The molecule has 1 aliphatic rings. The molecular weight excluding hydrogens is 424 g/mol. The number of benzene rings is 2. The van der Waals surface area contributed by atoms with Gasteiger partial charge < -0.3 is 15.0 Å². The molecule has 0 atom stereocenters. The van der Waals surface area contributed by atoms with Crippen LogP contribution in [-0.2, 0) is 4.79 Å². The van der Waals surface area contributed by atoms with Crippen molar-refractivity contribution in [3.05, 3.63) is 59.2 Å². The number of anilines is 1. The normalized spacial score (nSPS) is 14.5. The lowest BCUT2D eigenvalue weighted by Crippen LogP contribution is -2.39. The molecule has 0 aromatic heterocycles. The first-order valence-corrected chi connectivity index (χ1v) is 12.6. The molecule has 2 aromatic carbocycles. The van der Waals surface area contributed by atoms with Crippen LogP contribution in [0.5, 0.6) is 5.75 Å². The molecule has 1 N–H and O–H groups in total. The van der Waals surface area contributed by atoms with Crippen LogP contribution in [0.2, 0.25) is 0 Å². The van der Waals surface area contributed by atoms with Crippen molar-refractivity contribution in [2.24, 2.45) is 5.41 Å². The molecule has 0 unspecified atom stereocenters. The van der Waals surface area contributed by atoms with E-state index in [4.69, 9.17) is 4.74 Å². The molecule has 0 saturated heterocycles. The van der Waals surface area contributed by atoms with Crippen molar-refractivity contribution in [2.45, 2.75) is 78.7 Å². The number of para-hydroxylation sites is 1. The molecule has 0 radical (unpaired) electrons. The zero-order valence-corrected chi connectivity index (χ0v) is 21.4. The van der Waals surface area contributed by atoms with Crippen LogP contribution in [0.3, 0.4) is 0 Å². The molecule has 0 aliphatic heterocycles. The van der Waals surface area contributed by atoms with E-state index in [1.165, 1.54) is 24.8 Å². The standard InChI is InChI=1S/C29H40N2O3/c1-21-16-17-22(2)26(20-21)34-19-11-18-29(3,4)28(33)30-25-15-10-9-14-24(25)27(32)31(5)23-12-7-6-8-13-23/h9-10,14-17,20,23H,6-8,11-13,18-19H2,1-5H3,(H,30,33). The Morgan fingerprint density at radius 3 is 2.50 bits per heavy atom. The Labute approximate surface area is 204 Å². The van der Waals surface area contributed by atoms with Crippen molar-refractivity contribution in [2.75, 3.05) is 19.0 Å². The predicted octanol–water partition coefficient (Wildman–Crippen LogP) is 6.53. The highest BCUT2D eigenvalue weighted by atomic mass is 16.5. The van der Waals surface area contributed by atoms with Gasteiger partial charge in [0.25, 0.3) is 5.91 Å². The van der Waals surface area contributed by atoms with E-state index in [1.54, 1.807) is 0 Å². The molecule has 0 heterocycles. The topological polar surface area (TPSA) is 58.6 Å². The maximum atomic E-state index is 13.3. The summed E-state index contributed by atoms with van der Waals surface area (Å²) in [5.41, 5.74) is 2.83. The van der Waals surface area contributed by atoms with Crippen LogP contribution in [0, 0.1) is 19.3 Å². The average Bonchev–Trinajstić information content (AvgIpc) is 2.83.